The number of aromatic nitrogens is 5. The van der Waals surface area contributed by atoms with Gasteiger partial charge < -0.3 is 9.15 Å². The molecule has 0 aliphatic rings. The first-order valence-electron chi connectivity index (χ1n) is 9.66. The number of oxazole rings is 1. The zero-order chi connectivity index (χ0) is 22.9. The standard InChI is InChI=1S/C22H15ClN6O3S/c1-11-5-12(13-6-19(23)27-10-17(13)31-2)14(8-25-11)20(30)29-22-28-16-9-26-15(7-18(16)33-22)21-24-3-4-32-21/h3-10H,1-2H3,(H,28,29,30). The summed E-state index contributed by atoms with van der Waals surface area (Å²) in [6.07, 6.45) is 7.68. The van der Waals surface area contributed by atoms with E-state index in [0.29, 0.717) is 44.7 Å². The van der Waals surface area contributed by atoms with Gasteiger partial charge in [0.15, 0.2) is 5.13 Å². The summed E-state index contributed by atoms with van der Waals surface area (Å²) in [6, 6.07) is 5.27. The molecule has 0 unspecified atom stereocenters. The van der Waals surface area contributed by atoms with Gasteiger partial charge in [-0.1, -0.05) is 22.9 Å². The van der Waals surface area contributed by atoms with Gasteiger partial charge in [0, 0.05) is 23.0 Å². The molecule has 0 atom stereocenters. The molecule has 0 aromatic carbocycles. The average molecular weight is 479 g/mol. The Morgan fingerprint density at radius 2 is 1.97 bits per heavy atom. The molecular formula is C22H15ClN6O3S. The smallest absolute Gasteiger partial charge is 0.259 e. The second kappa shape index (κ2) is 8.57. The average Bonchev–Trinajstić information content (AvgIpc) is 3.48. The first-order chi connectivity index (χ1) is 16.0. The van der Waals surface area contributed by atoms with E-state index in [4.69, 9.17) is 20.8 Å². The van der Waals surface area contributed by atoms with Crippen molar-refractivity contribution in [3.63, 3.8) is 0 Å². The Labute approximate surface area is 196 Å². The largest absolute Gasteiger partial charge is 0.494 e. The van der Waals surface area contributed by atoms with E-state index in [1.165, 1.54) is 37.1 Å². The van der Waals surface area contributed by atoms with Crippen LogP contribution in [0.25, 0.3) is 32.9 Å². The number of thiazole rings is 1. The van der Waals surface area contributed by atoms with Gasteiger partial charge in [-0.15, -0.1) is 0 Å². The molecule has 0 aliphatic carbocycles. The molecule has 1 amide bonds. The number of ether oxygens (including phenoxy) is 1. The van der Waals surface area contributed by atoms with Gasteiger partial charge in [0.05, 0.1) is 36.0 Å². The van der Waals surface area contributed by atoms with Crippen molar-refractivity contribution in [3.05, 3.63) is 65.7 Å². The van der Waals surface area contributed by atoms with E-state index < -0.39 is 0 Å². The summed E-state index contributed by atoms with van der Waals surface area (Å²) in [6.45, 7) is 1.84. The van der Waals surface area contributed by atoms with Crippen LogP contribution in [-0.2, 0) is 0 Å². The number of anilines is 1. The molecule has 0 saturated heterocycles. The summed E-state index contributed by atoms with van der Waals surface area (Å²) in [5, 5.41) is 3.56. The van der Waals surface area contributed by atoms with Crippen LogP contribution in [0.3, 0.4) is 0 Å². The number of nitrogens with one attached hydrogen (secondary N) is 1. The maximum absolute atomic E-state index is 13.2. The Hall–Kier alpha value is -3.89. The zero-order valence-electron chi connectivity index (χ0n) is 17.4. The lowest BCUT2D eigenvalue weighted by Gasteiger charge is -2.13. The van der Waals surface area contributed by atoms with Crippen molar-refractivity contribution in [3.8, 4) is 28.5 Å². The topological polar surface area (TPSA) is 116 Å². The molecule has 0 aliphatic heterocycles. The molecule has 33 heavy (non-hydrogen) atoms. The van der Waals surface area contributed by atoms with E-state index in [1.807, 2.05) is 13.0 Å². The third-order valence-electron chi connectivity index (χ3n) is 4.78. The van der Waals surface area contributed by atoms with Crippen molar-refractivity contribution >= 4 is 44.2 Å². The van der Waals surface area contributed by atoms with Gasteiger partial charge in [-0.25, -0.2) is 19.9 Å². The van der Waals surface area contributed by atoms with Crippen LogP contribution in [0.15, 0.2) is 53.7 Å². The molecule has 164 valence electrons. The highest BCUT2D eigenvalue weighted by molar-refractivity contribution is 7.22. The third-order valence-corrected chi connectivity index (χ3v) is 5.92. The fourth-order valence-electron chi connectivity index (χ4n) is 3.27. The number of amides is 1. The highest BCUT2D eigenvalue weighted by Gasteiger charge is 2.19. The van der Waals surface area contributed by atoms with Gasteiger partial charge in [0.25, 0.3) is 5.91 Å². The second-order valence-electron chi connectivity index (χ2n) is 6.93. The normalized spacial score (nSPS) is 11.0. The van der Waals surface area contributed by atoms with Crippen molar-refractivity contribution in [1.82, 2.24) is 24.9 Å². The number of hydrogen-bond donors (Lipinski definition) is 1. The van der Waals surface area contributed by atoms with Gasteiger partial charge in [-0.3, -0.25) is 15.1 Å². The first-order valence-corrected chi connectivity index (χ1v) is 10.9. The number of carbonyl (C=O) groups excluding carboxylic acids is 1. The molecule has 9 nitrogen and oxygen atoms in total. The number of rotatable bonds is 5. The summed E-state index contributed by atoms with van der Waals surface area (Å²) in [7, 11) is 1.53. The van der Waals surface area contributed by atoms with Crippen molar-refractivity contribution in [2.45, 2.75) is 6.92 Å². The quantitative estimate of drug-likeness (QED) is 0.350. The zero-order valence-corrected chi connectivity index (χ0v) is 18.9. The van der Waals surface area contributed by atoms with Crippen molar-refractivity contribution in [2.24, 2.45) is 0 Å². The van der Waals surface area contributed by atoms with E-state index in [9.17, 15) is 4.79 Å². The highest BCUT2D eigenvalue weighted by Crippen LogP contribution is 2.35. The second-order valence-corrected chi connectivity index (χ2v) is 8.34. The van der Waals surface area contributed by atoms with Gasteiger partial charge in [-0.2, -0.15) is 0 Å². The molecule has 0 radical (unpaired) electrons. The predicted molar refractivity (Wildman–Crippen MR) is 125 cm³/mol. The van der Waals surface area contributed by atoms with Gasteiger partial charge in [-0.05, 0) is 25.1 Å². The molecular weight excluding hydrogens is 464 g/mol. The Kier molecular flexibility index (Phi) is 5.45. The molecule has 11 heteroatoms. The molecule has 5 aromatic rings. The molecule has 5 heterocycles. The molecule has 5 aromatic heterocycles. The number of halogens is 1. The van der Waals surface area contributed by atoms with Crippen LogP contribution < -0.4 is 10.1 Å². The van der Waals surface area contributed by atoms with Gasteiger partial charge in [0.1, 0.15) is 28.4 Å². The van der Waals surface area contributed by atoms with Crippen LogP contribution >= 0.6 is 22.9 Å². The minimum atomic E-state index is -0.368. The van der Waals surface area contributed by atoms with Crippen molar-refractivity contribution in [2.75, 3.05) is 12.4 Å². The Morgan fingerprint density at radius 3 is 2.76 bits per heavy atom. The Morgan fingerprint density at radius 1 is 1.09 bits per heavy atom. The molecule has 1 N–H and O–H groups in total. The summed E-state index contributed by atoms with van der Waals surface area (Å²) in [4.78, 5) is 34.5. The number of nitrogens with zero attached hydrogens (tertiary/aromatic N) is 5. The molecule has 5 rings (SSSR count). The Bertz CT molecular complexity index is 1490. The number of methoxy groups -OCH3 is 1. The third kappa shape index (κ3) is 4.13. The van der Waals surface area contributed by atoms with Crippen LogP contribution in [-0.4, -0.2) is 37.9 Å². The molecule has 0 bridgehead atoms. The molecule has 0 saturated carbocycles. The SMILES string of the molecule is COc1cnc(Cl)cc1-c1cc(C)ncc1C(=O)Nc1nc2cnc(-c3ncco3)cc2s1. The van der Waals surface area contributed by atoms with Crippen LogP contribution in [0.5, 0.6) is 5.75 Å². The lowest BCUT2D eigenvalue weighted by atomic mass is 10.0. The van der Waals surface area contributed by atoms with E-state index in [2.05, 4.69) is 30.2 Å². The monoisotopic (exact) mass is 478 g/mol. The lowest BCUT2D eigenvalue weighted by molar-refractivity contribution is 0.102. The summed E-state index contributed by atoms with van der Waals surface area (Å²) in [5.74, 6) is 0.535. The fourth-order valence-corrected chi connectivity index (χ4v) is 4.30. The number of hydrogen-bond acceptors (Lipinski definition) is 9. The van der Waals surface area contributed by atoms with Crippen LogP contribution in [0.4, 0.5) is 5.13 Å². The van der Waals surface area contributed by atoms with Gasteiger partial charge in [0.2, 0.25) is 5.89 Å². The van der Waals surface area contributed by atoms with E-state index in [1.54, 1.807) is 24.5 Å². The summed E-state index contributed by atoms with van der Waals surface area (Å²) >= 11 is 7.43. The summed E-state index contributed by atoms with van der Waals surface area (Å²) in [5.41, 5.74) is 3.57. The molecule has 0 fully saturated rings. The maximum Gasteiger partial charge on any atom is 0.259 e. The van der Waals surface area contributed by atoms with Gasteiger partial charge >= 0.3 is 0 Å². The lowest BCUT2D eigenvalue weighted by Crippen LogP contribution is -2.14. The Balaban J connectivity index is 1.50. The van der Waals surface area contributed by atoms with Crippen LogP contribution in [0.1, 0.15) is 16.1 Å². The number of carbonyl (C=O) groups is 1. The summed E-state index contributed by atoms with van der Waals surface area (Å²) < 4.78 is 11.6. The van der Waals surface area contributed by atoms with Crippen LogP contribution in [0.2, 0.25) is 5.15 Å². The van der Waals surface area contributed by atoms with Crippen molar-refractivity contribution in [1.29, 1.82) is 0 Å². The van der Waals surface area contributed by atoms with Crippen molar-refractivity contribution < 1.29 is 13.9 Å². The molecule has 0 spiro atoms. The van der Waals surface area contributed by atoms with Crippen LogP contribution in [0, 0.1) is 6.92 Å². The number of pyridine rings is 3. The maximum atomic E-state index is 13.2. The van der Waals surface area contributed by atoms with E-state index >= 15 is 0 Å². The predicted octanol–water partition coefficient (Wildman–Crippen LogP) is 5.03. The fraction of sp³-hybridized carbons (Fsp3) is 0.0909. The van der Waals surface area contributed by atoms with E-state index in [0.717, 1.165) is 10.4 Å². The minimum Gasteiger partial charge on any atom is -0.494 e. The highest BCUT2D eigenvalue weighted by atomic mass is 35.5. The van der Waals surface area contributed by atoms with E-state index in [-0.39, 0.29) is 11.1 Å². The first kappa shape index (κ1) is 21.0. The number of aryl methyl sites for hydroxylation is 1. The minimum absolute atomic E-state index is 0.284. The number of fused-ring (bicyclic) bond motifs is 1.